The van der Waals surface area contributed by atoms with Crippen molar-refractivity contribution in [2.45, 2.75) is 26.2 Å². The van der Waals surface area contributed by atoms with Gasteiger partial charge in [-0.3, -0.25) is 0 Å². The molecule has 0 bridgehead atoms. The summed E-state index contributed by atoms with van der Waals surface area (Å²) in [6.07, 6.45) is 3.54. The first kappa shape index (κ1) is 12.1. The summed E-state index contributed by atoms with van der Waals surface area (Å²) >= 11 is 0. The minimum atomic E-state index is 0.403. The van der Waals surface area contributed by atoms with Crippen LogP contribution in [-0.2, 0) is 6.42 Å². The third-order valence-corrected chi connectivity index (χ3v) is 3.42. The topological polar surface area (TPSA) is 61.3 Å². The maximum Gasteiger partial charge on any atom is 0.230 e. The molecule has 100 valence electrons. The Morgan fingerprint density at radius 3 is 2.68 bits per heavy atom. The van der Waals surface area contributed by atoms with Crippen LogP contribution in [0.4, 0.5) is 5.88 Å². The first-order valence-corrected chi connectivity index (χ1v) is 6.75. The average molecular weight is 258 g/mol. The van der Waals surface area contributed by atoms with E-state index in [9.17, 15) is 0 Å². The fourth-order valence-corrected chi connectivity index (χ4v) is 2.27. The number of nitrogens with zero attached hydrogens (tertiary/aromatic N) is 1. The van der Waals surface area contributed by atoms with Gasteiger partial charge in [-0.2, -0.15) is 0 Å². The van der Waals surface area contributed by atoms with Crippen LogP contribution in [0.5, 0.6) is 5.75 Å². The van der Waals surface area contributed by atoms with Gasteiger partial charge in [0.2, 0.25) is 5.88 Å². The van der Waals surface area contributed by atoms with E-state index in [2.05, 4.69) is 5.16 Å². The van der Waals surface area contributed by atoms with Gasteiger partial charge in [-0.1, -0.05) is 17.3 Å². The summed E-state index contributed by atoms with van der Waals surface area (Å²) in [6.45, 7) is 2.64. The van der Waals surface area contributed by atoms with Crippen molar-refractivity contribution >= 4 is 5.88 Å². The first-order valence-electron chi connectivity index (χ1n) is 6.75. The Bertz CT molecular complexity index is 556. The zero-order chi connectivity index (χ0) is 13.2. The summed E-state index contributed by atoms with van der Waals surface area (Å²) in [7, 11) is 0. The van der Waals surface area contributed by atoms with Crippen molar-refractivity contribution in [3.8, 4) is 16.9 Å². The van der Waals surface area contributed by atoms with E-state index in [1.54, 1.807) is 0 Å². The fourth-order valence-electron chi connectivity index (χ4n) is 2.27. The fraction of sp³-hybridized carbons (Fsp3) is 0.400. The van der Waals surface area contributed by atoms with Gasteiger partial charge in [-0.25, -0.2) is 0 Å². The second kappa shape index (κ2) is 4.96. The Labute approximate surface area is 112 Å². The molecular formula is C15H18N2O2. The molecule has 2 aromatic rings. The van der Waals surface area contributed by atoms with E-state index in [4.69, 9.17) is 15.0 Å². The van der Waals surface area contributed by atoms with E-state index < -0.39 is 0 Å². The largest absolute Gasteiger partial charge is 0.494 e. The maximum absolute atomic E-state index is 5.91. The minimum Gasteiger partial charge on any atom is -0.494 e. The lowest BCUT2D eigenvalue weighted by molar-refractivity contribution is 0.340. The highest BCUT2D eigenvalue weighted by Gasteiger charge is 2.26. The predicted octanol–water partition coefficient (Wildman–Crippen LogP) is 3.28. The lowest BCUT2D eigenvalue weighted by atomic mass is 10.0. The summed E-state index contributed by atoms with van der Waals surface area (Å²) in [5.74, 6) is 2.02. The van der Waals surface area contributed by atoms with Gasteiger partial charge in [-0.05, 0) is 49.8 Å². The van der Waals surface area contributed by atoms with Gasteiger partial charge in [-0.15, -0.1) is 0 Å². The van der Waals surface area contributed by atoms with Crippen LogP contribution in [0.25, 0.3) is 11.1 Å². The van der Waals surface area contributed by atoms with Crippen LogP contribution in [0, 0.1) is 5.92 Å². The van der Waals surface area contributed by atoms with Crippen LogP contribution < -0.4 is 10.5 Å². The molecule has 3 rings (SSSR count). The molecule has 1 aromatic heterocycles. The molecule has 0 unspecified atom stereocenters. The van der Waals surface area contributed by atoms with Gasteiger partial charge in [0.1, 0.15) is 5.75 Å². The van der Waals surface area contributed by atoms with Crippen molar-refractivity contribution in [3.05, 3.63) is 30.0 Å². The molecule has 1 fully saturated rings. The zero-order valence-electron chi connectivity index (χ0n) is 11.1. The Kier molecular flexibility index (Phi) is 3.15. The van der Waals surface area contributed by atoms with E-state index >= 15 is 0 Å². The Balaban J connectivity index is 1.89. The molecule has 1 aromatic carbocycles. The van der Waals surface area contributed by atoms with E-state index in [1.165, 1.54) is 12.8 Å². The van der Waals surface area contributed by atoms with Crippen LogP contribution in [0.3, 0.4) is 0 Å². The van der Waals surface area contributed by atoms with Gasteiger partial charge in [0.25, 0.3) is 0 Å². The van der Waals surface area contributed by atoms with Crippen molar-refractivity contribution < 1.29 is 9.26 Å². The molecule has 1 heterocycles. The number of benzene rings is 1. The number of ether oxygens (including phenoxy) is 1. The third-order valence-electron chi connectivity index (χ3n) is 3.42. The molecule has 2 N–H and O–H groups in total. The first-order chi connectivity index (χ1) is 9.28. The van der Waals surface area contributed by atoms with E-state index in [0.717, 1.165) is 34.9 Å². The van der Waals surface area contributed by atoms with Gasteiger partial charge in [0.15, 0.2) is 0 Å². The number of nitrogen functional groups attached to an aromatic ring is 1. The number of rotatable bonds is 5. The maximum atomic E-state index is 5.91. The van der Waals surface area contributed by atoms with Crippen molar-refractivity contribution in [2.24, 2.45) is 5.92 Å². The highest BCUT2D eigenvalue weighted by molar-refractivity contribution is 5.75. The van der Waals surface area contributed by atoms with Crippen LogP contribution in [0.1, 0.15) is 25.5 Å². The second-order valence-electron chi connectivity index (χ2n) is 4.97. The molecular weight excluding hydrogens is 240 g/mol. The highest BCUT2D eigenvalue weighted by atomic mass is 16.5. The van der Waals surface area contributed by atoms with Gasteiger partial charge in [0, 0.05) is 0 Å². The molecule has 19 heavy (non-hydrogen) atoms. The molecule has 0 radical (unpaired) electrons. The molecule has 1 aliphatic rings. The van der Waals surface area contributed by atoms with Crippen molar-refractivity contribution in [2.75, 3.05) is 12.3 Å². The smallest absolute Gasteiger partial charge is 0.230 e. The Hall–Kier alpha value is -1.97. The molecule has 0 atom stereocenters. The SMILES string of the molecule is CCOc1ccc(-c2c(CC3CC3)noc2N)cc1. The van der Waals surface area contributed by atoms with Crippen molar-refractivity contribution in [1.29, 1.82) is 0 Å². The quantitative estimate of drug-likeness (QED) is 0.894. The average Bonchev–Trinajstić information content (AvgIpc) is 3.15. The molecule has 0 amide bonds. The summed E-state index contributed by atoms with van der Waals surface area (Å²) in [6, 6.07) is 7.91. The molecule has 1 aliphatic carbocycles. The van der Waals surface area contributed by atoms with Crippen molar-refractivity contribution in [3.63, 3.8) is 0 Å². The lowest BCUT2D eigenvalue weighted by Gasteiger charge is -2.05. The van der Waals surface area contributed by atoms with Gasteiger partial charge < -0.3 is 15.0 Å². The minimum absolute atomic E-state index is 0.403. The number of aromatic nitrogens is 1. The van der Waals surface area contributed by atoms with Crippen LogP contribution in [0.2, 0.25) is 0 Å². The second-order valence-corrected chi connectivity index (χ2v) is 4.97. The monoisotopic (exact) mass is 258 g/mol. The molecule has 0 aliphatic heterocycles. The normalized spacial score (nSPS) is 14.6. The molecule has 4 heteroatoms. The number of nitrogens with two attached hydrogens (primary N) is 1. The summed E-state index contributed by atoms with van der Waals surface area (Å²) < 4.78 is 10.6. The molecule has 0 saturated heterocycles. The number of hydrogen-bond donors (Lipinski definition) is 1. The number of anilines is 1. The van der Waals surface area contributed by atoms with E-state index in [-0.39, 0.29) is 0 Å². The lowest BCUT2D eigenvalue weighted by Crippen LogP contribution is -1.94. The standard InChI is InChI=1S/C15H18N2O2/c1-2-18-12-7-5-11(6-8-12)14-13(9-10-3-4-10)17-19-15(14)16/h5-8,10H,2-4,9,16H2,1H3. The molecule has 1 saturated carbocycles. The predicted molar refractivity (Wildman–Crippen MR) is 73.9 cm³/mol. The van der Waals surface area contributed by atoms with Crippen LogP contribution >= 0.6 is 0 Å². The summed E-state index contributed by atoms with van der Waals surface area (Å²) in [4.78, 5) is 0. The van der Waals surface area contributed by atoms with Crippen LogP contribution in [-0.4, -0.2) is 11.8 Å². The van der Waals surface area contributed by atoms with E-state index in [1.807, 2.05) is 31.2 Å². The van der Waals surface area contributed by atoms with Crippen molar-refractivity contribution in [1.82, 2.24) is 5.16 Å². The highest BCUT2D eigenvalue weighted by Crippen LogP contribution is 2.37. The Morgan fingerprint density at radius 1 is 1.32 bits per heavy atom. The molecule has 4 nitrogen and oxygen atoms in total. The third kappa shape index (κ3) is 2.57. The number of hydrogen-bond acceptors (Lipinski definition) is 4. The molecule has 0 spiro atoms. The summed E-state index contributed by atoms with van der Waals surface area (Å²) in [5.41, 5.74) is 8.86. The van der Waals surface area contributed by atoms with Gasteiger partial charge in [0.05, 0.1) is 17.9 Å². The van der Waals surface area contributed by atoms with Crippen LogP contribution in [0.15, 0.2) is 28.8 Å². The van der Waals surface area contributed by atoms with Gasteiger partial charge >= 0.3 is 0 Å². The zero-order valence-corrected chi connectivity index (χ0v) is 11.1. The Morgan fingerprint density at radius 2 is 2.05 bits per heavy atom. The van der Waals surface area contributed by atoms with E-state index in [0.29, 0.717) is 12.5 Å². The summed E-state index contributed by atoms with van der Waals surface area (Å²) in [5, 5.41) is 4.10.